The summed E-state index contributed by atoms with van der Waals surface area (Å²) in [5.41, 5.74) is 3.80. The zero-order chi connectivity index (χ0) is 31.1. The van der Waals surface area contributed by atoms with Gasteiger partial charge in [-0.2, -0.15) is 5.26 Å². The second-order valence-electron chi connectivity index (χ2n) is 11.4. The number of rotatable bonds is 7. The molecular formula is C31H37N5O6S. The first kappa shape index (κ1) is 30.7. The van der Waals surface area contributed by atoms with Gasteiger partial charge in [-0.15, -0.1) is 0 Å². The number of aliphatic hydroxyl groups excluding tert-OH is 2. The normalized spacial score (nSPS) is 24.0. The lowest BCUT2D eigenvalue weighted by molar-refractivity contribution is -0.188. The SMILES string of the molecule is C/C(=C(/C#N)S(=O)(=O)NC[C@H]1OC(=O)[C@H](O)[C@@H](C)[C@@H]1O)c1ccc(-c2ccc3cc(N4CCN(C)CC4)ccc3c2)n1C. The summed E-state index contributed by atoms with van der Waals surface area (Å²) in [6.07, 6.45) is -3.97. The van der Waals surface area contributed by atoms with Crippen LogP contribution in [0, 0.1) is 17.2 Å². The molecule has 3 heterocycles. The van der Waals surface area contributed by atoms with Crippen LogP contribution < -0.4 is 9.62 Å². The number of piperazine rings is 1. The Hall–Kier alpha value is -3.73. The number of nitrogens with zero attached hydrogens (tertiary/aromatic N) is 4. The average molecular weight is 608 g/mol. The van der Waals surface area contributed by atoms with Crippen molar-refractivity contribution in [2.24, 2.45) is 13.0 Å². The van der Waals surface area contributed by atoms with Crippen molar-refractivity contribution in [1.29, 1.82) is 5.26 Å². The maximum atomic E-state index is 13.2. The molecule has 0 bridgehead atoms. The third-order valence-corrected chi connectivity index (χ3v) is 10.1. The molecule has 0 radical (unpaired) electrons. The number of sulfonamides is 1. The Kier molecular flexibility index (Phi) is 8.65. The van der Waals surface area contributed by atoms with Crippen molar-refractivity contribution in [2.45, 2.75) is 32.2 Å². The van der Waals surface area contributed by atoms with Crippen molar-refractivity contribution in [1.82, 2.24) is 14.2 Å². The van der Waals surface area contributed by atoms with E-state index in [0.29, 0.717) is 5.69 Å². The van der Waals surface area contributed by atoms with Crippen molar-refractivity contribution >= 4 is 38.0 Å². The summed E-state index contributed by atoms with van der Waals surface area (Å²) in [4.78, 5) is 16.1. The van der Waals surface area contributed by atoms with Crippen LogP contribution in [0.25, 0.3) is 27.6 Å². The van der Waals surface area contributed by atoms with Gasteiger partial charge in [-0.1, -0.05) is 25.1 Å². The summed E-state index contributed by atoms with van der Waals surface area (Å²) in [5.74, 6) is -1.77. The molecule has 0 amide bonds. The first-order valence-corrected chi connectivity index (χ1v) is 15.7. The molecular weight excluding hydrogens is 570 g/mol. The van der Waals surface area contributed by atoms with Crippen molar-refractivity contribution < 1.29 is 28.2 Å². The smallest absolute Gasteiger partial charge is 0.335 e. The number of ether oxygens (including phenoxy) is 1. The Labute approximate surface area is 251 Å². The topological polar surface area (TPSA) is 148 Å². The Morgan fingerprint density at radius 1 is 1.05 bits per heavy atom. The quantitative estimate of drug-likeness (QED) is 0.271. The summed E-state index contributed by atoms with van der Waals surface area (Å²) in [7, 11) is -0.372. The number of anilines is 1. The minimum absolute atomic E-state index is 0.242. The number of benzene rings is 2. The fraction of sp³-hybridized carbons (Fsp3) is 0.419. The van der Waals surface area contributed by atoms with Crippen molar-refractivity contribution in [3.05, 3.63) is 59.1 Å². The monoisotopic (exact) mass is 607 g/mol. The van der Waals surface area contributed by atoms with E-state index in [-0.39, 0.29) is 5.57 Å². The molecule has 2 aliphatic heterocycles. The molecule has 3 aromatic rings. The third-order valence-electron chi connectivity index (χ3n) is 8.61. The van der Waals surface area contributed by atoms with Crippen LogP contribution in [0.15, 0.2) is 53.4 Å². The number of carbonyl (C=O) groups is 1. The molecule has 0 unspecified atom stereocenters. The number of aromatic nitrogens is 1. The van der Waals surface area contributed by atoms with Gasteiger partial charge in [0.25, 0.3) is 10.0 Å². The van der Waals surface area contributed by atoms with Crippen molar-refractivity contribution in [2.75, 3.05) is 44.7 Å². The molecule has 2 fully saturated rings. The molecule has 228 valence electrons. The molecule has 11 nitrogen and oxygen atoms in total. The van der Waals surface area contributed by atoms with Gasteiger partial charge in [-0.3, -0.25) is 0 Å². The molecule has 0 spiro atoms. The standard InChI is InChI=1S/C31H37N5O6S/c1-19(28(17-32)43(40,41)33-18-27-29(37)20(2)30(38)31(39)42-27)25-9-10-26(35(25)4)23-6-5-22-16-24(8-7-21(22)15-23)36-13-11-34(3)12-14-36/h5-10,15-16,20,27,29-30,33,37-38H,11-14,18H2,1-4H3/b28-19+/t20-,27+,29-,30+/m0/s1. The highest BCUT2D eigenvalue weighted by Gasteiger charge is 2.42. The number of esters is 1. The minimum Gasteiger partial charge on any atom is -0.456 e. The van der Waals surface area contributed by atoms with E-state index in [1.807, 2.05) is 23.7 Å². The van der Waals surface area contributed by atoms with Crippen LogP contribution in [0.2, 0.25) is 0 Å². The Morgan fingerprint density at radius 3 is 2.42 bits per heavy atom. The summed E-state index contributed by atoms with van der Waals surface area (Å²) < 4.78 is 35.5. The van der Waals surface area contributed by atoms with E-state index in [1.54, 1.807) is 19.1 Å². The van der Waals surface area contributed by atoms with Crippen LogP contribution in [-0.4, -0.2) is 92.2 Å². The Balaban J connectivity index is 1.37. The van der Waals surface area contributed by atoms with Crippen LogP contribution >= 0.6 is 0 Å². The molecule has 2 aromatic carbocycles. The van der Waals surface area contributed by atoms with Gasteiger partial charge >= 0.3 is 5.97 Å². The number of fused-ring (bicyclic) bond motifs is 1. The molecule has 12 heteroatoms. The van der Waals surface area contributed by atoms with Crippen LogP contribution in [0.5, 0.6) is 0 Å². The van der Waals surface area contributed by atoms with Gasteiger partial charge in [0.05, 0.1) is 12.6 Å². The van der Waals surface area contributed by atoms with Gasteiger partial charge in [-0.25, -0.2) is 17.9 Å². The summed E-state index contributed by atoms with van der Waals surface area (Å²) in [6, 6.07) is 18.1. The highest BCUT2D eigenvalue weighted by Crippen LogP contribution is 2.32. The number of allylic oxidation sites excluding steroid dienone is 2. The second kappa shape index (κ2) is 12.1. The largest absolute Gasteiger partial charge is 0.456 e. The van der Waals surface area contributed by atoms with Gasteiger partial charge in [0.2, 0.25) is 0 Å². The number of nitrogens with one attached hydrogen (secondary N) is 1. The number of hydrogen-bond donors (Lipinski definition) is 3. The van der Waals surface area contributed by atoms with Gasteiger partial charge in [0.15, 0.2) is 11.0 Å². The average Bonchev–Trinajstić information content (AvgIpc) is 3.38. The van der Waals surface area contributed by atoms with Crippen LogP contribution in [0.4, 0.5) is 5.69 Å². The summed E-state index contributed by atoms with van der Waals surface area (Å²) in [6.45, 7) is 6.64. The lowest BCUT2D eigenvalue weighted by Gasteiger charge is -2.35. The van der Waals surface area contributed by atoms with Crippen LogP contribution in [-0.2, 0) is 26.6 Å². The van der Waals surface area contributed by atoms with E-state index in [9.17, 15) is 28.7 Å². The Morgan fingerprint density at radius 2 is 1.72 bits per heavy atom. The molecule has 0 aliphatic carbocycles. The van der Waals surface area contributed by atoms with E-state index < -0.39 is 51.7 Å². The maximum Gasteiger partial charge on any atom is 0.335 e. The maximum absolute atomic E-state index is 13.2. The van der Waals surface area contributed by atoms with Crippen LogP contribution in [0.3, 0.4) is 0 Å². The van der Waals surface area contributed by atoms with E-state index in [1.165, 1.54) is 12.6 Å². The molecule has 5 rings (SSSR count). The molecule has 2 aliphatic rings. The molecule has 3 N–H and O–H groups in total. The molecule has 1 aromatic heterocycles. The van der Waals surface area contributed by atoms with Crippen molar-refractivity contribution in [3.63, 3.8) is 0 Å². The van der Waals surface area contributed by atoms with E-state index in [0.717, 1.165) is 48.2 Å². The van der Waals surface area contributed by atoms with Gasteiger partial charge < -0.3 is 29.3 Å². The van der Waals surface area contributed by atoms with Gasteiger partial charge in [0.1, 0.15) is 12.2 Å². The minimum atomic E-state index is -4.32. The second-order valence-corrected chi connectivity index (χ2v) is 13.1. The number of hydrogen-bond acceptors (Lipinski definition) is 9. The fourth-order valence-corrected chi connectivity index (χ4v) is 6.90. The zero-order valence-electron chi connectivity index (χ0n) is 24.7. The summed E-state index contributed by atoms with van der Waals surface area (Å²) >= 11 is 0. The summed E-state index contributed by atoms with van der Waals surface area (Å²) in [5, 5.41) is 32.2. The molecule has 4 atom stereocenters. The van der Waals surface area contributed by atoms with Gasteiger partial charge in [0, 0.05) is 61.8 Å². The first-order valence-electron chi connectivity index (χ1n) is 14.2. The predicted octanol–water partition coefficient (Wildman–Crippen LogP) is 2.05. The number of likely N-dealkylation sites (N-methyl/N-ethyl adjacent to an activating group) is 1. The predicted molar refractivity (Wildman–Crippen MR) is 164 cm³/mol. The number of carbonyl (C=O) groups excluding carboxylic acids is 1. The lowest BCUT2D eigenvalue weighted by atomic mass is 9.91. The lowest BCUT2D eigenvalue weighted by Crippen LogP contribution is -2.54. The Bertz CT molecular complexity index is 1720. The van der Waals surface area contributed by atoms with E-state index in [2.05, 4.69) is 51.9 Å². The number of aliphatic hydroxyl groups is 2. The molecule has 0 saturated carbocycles. The fourth-order valence-electron chi connectivity index (χ4n) is 5.75. The molecule has 2 saturated heterocycles. The highest BCUT2D eigenvalue weighted by atomic mass is 32.2. The van der Waals surface area contributed by atoms with Crippen LogP contribution in [0.1, 0.15) is 19.5 Å². The van der Waals surface area contributed by atoms with Crippen molar-refractivity contribution in [3.8, 4) is 17.3 Å². The third kappa shape index (κ3) is 6.04. The molecule has 43 heavy (non-hydrogen) atoms. The number of cyclic esters (lactones) is 1. The van der Waals surface area contributed by atoms with E-state index >= 15 is 0 Å². The first-order chi connectivity index (χ1) is 20.4. The zero-order valence-corrected chi connectivity index (χ0v) is 25.5. The highest BCUT2D eigenvalue weighted by molar-refractivity contribution is 7.93. The number of nitriles is 1. The van der Waals surface area contributed by atoms with Gasteiger partial charge in [-0.05, 0) is 60.6 Å². The van der Waals surface area contributed by atoms with E-state index in [4.69, 9.17) is 4.74 Å².